The molecule has 2 rings (SSSR count). The van der Waals surface area contributed by atoms with Gasteiger partial charge in [-0.25, -0.2) is 4.98 Å². The highest BCUT2D eigenvalue weighted by Crippen LogP contribution is 2.22. The molecule has 2 heterocycles. The minimum absolute atomic E-state index is 0.0685. The zero-order valence-corrected chi connectivity index (χ0v) is 17.5. The summed E-state index contributed by atoms with van der Waals surface area (Å²) in [6.45, 7) is 3.51. The van der Waals surface area contributed by atoms with Crippen LogP contribution < -0.4 is 20.1 Å². The maximum Gasteiger partial charge on any atom is 0.422 e. The van der Waals surface area contributed by atoms with Crippen molar-refractivity contribution in [3.05, 3.63) is 41.1 Å². The number of nitrogens with zero attached hydrogens (tertiary/aromatic N) is 2. The molecule has 0 spiro atoms. The molecular formula is C20H25F3N4O4. The van der Waals surface area contributed by atoms with Gasteiger partial charge in [0, 0.05) is 24.9 Å². The number of rotatable bonds is 11. The van der Waals surface area contributed by atoms with E-state index >= 15 is 0 Å². The number of aromatic nitrogens is 2. The van der Waals surface area contributed by atoms with E-state index in [9.17, 15) is 18.0 Å². The van der Waals surface area contributed by atoms with E-state index in [1.165, 1.54) is 19.2 Å². The molecule has 0 bridgehead atoms. The lowest BCUT2D eigenvalue weighted by atomic mass is 10.2. The van der Waals surface area contributed by atoms with Crippen LogP contribution in [0.2, 0.25) is 0 Å². The Morgan fingerprint density at radius 3 is 2.65 bits per heavy atom. The first-order valence-corrected chi connectivity index (χ1v) is 9.53. The zero-order chi connectivity index (χ0) is 22.9. The number of hydrogen-bond acceptors (Lipinski definition) is 7. The molecule has 2 aromatic heterocycles. The smallest absolute Gasteiger partial charge is 0.422 e. The van der Waals surface area contributed by atoms with E-state index in [-0.39, 0.29) is 23.9 Å². The topological polar surface area (TPSA) is 94.6 Å². The molecule has 0 saturated heterocycles. The number of carbonyl (C=O) groups excluding carboxylic acids is 1. The predicted molar refractivity (Wildman–Crippen MR) is 107 cm³/mol. The first kappa shape index (κ1) is 24.2. The van der Waals surface area contributed by atoms with Gasteiger partial charge in [0.1, 0.15) is 18.1 Å². The monoisotopic (exact) mass is 442 g/mol. The quantitative estimate of drug-likeness (QED) is 0.407. The summed E-state index contributed by atoms with van der Waals surface area (Å²) in [7, 11) is 1.26. The van der Waals surface area contributed by atoms with E-state index in [1.807, 2.05) is 19.9 Å². The van der Waals surface area contributed by atoms with Crippen molar-refractivity contribution in [2.75, 3.05) is 32.4 Å². The summed E-state index contributed by atoms with van der Waals surface area (Å²) < 4.78 is 51.9. The second kappa shape index (κ2) is 11.3. The first-order chi connectivity index (χ1) is 14.7. The van der Waals surface area contributed by atoms with Crippen molar-refractivity contribution in [1.82, 2.24) is 15.3 Å². The molecular weight excluding hydrogens is 417 g/mol. The molecule has 0 radical (unpaired) electrons. The number of anilines is 1. The van der Waals surface area contributed by atoms with Crippen LogP contribution in [-0.4, -0.2) is 49.1 Å². The van der Waals surface area contributed by atoms with E-state index < -0.39 is 18.7 Å². The lowest BCUT2D eigenvalue weighted by Crippen LogP contribution is -2.24. The highest BCUT2D eigenvalue weighted by molar-refractivity contribution is 5.96. The summed E-state index contributed by atoms with van der Waals surface area (Å²) >= 11 is 0. The summed E-state index contributed by atoms with van der Waals surface area (Å²) in [5.41, 5.74) is 1.63. The number of pyridine rings is 2. The SMILES string of the molecule is CCCOCNc1cc(CNC(=O)c2ccc(OCC(F)(F)F)nc2OC)cc(C)n1. The normalized spacial score (nSPS) is 11.2. The molecule has 1 amide bonds. The highest BCUT2D eigenvalue weighted by Gasteiger charge is 2.29. The van der Waals surface area contributed by atoms with Crippen LogP contribution in [0.4, 0.5) is 19.0 Å². The fourth-order valence-electron chi connectivity index (χ4n) is 2.54. The van der Waals surface area contributed by atoms with Gasteiger partial charge < -0.3 is 24.8 Å². The zero-order valence-electron chi connectivity index (χ0n) is 17.5. The van der Waals surface area contributed by atoms with Crippen LogP contribution in [0.3, 0.4) is 0 Å². The Morgan fingerprint density at radius 2 is 1.97 bits per heavy atom. The number of amides is 1. The third-order valence-corrected chi connectivity index (χ3v) is 3.83. The van der Waals surface area contributed by atoms with Crippen molar-refractivity contribution in [3.63, 3.8) is 0 Å². The van der Waals surface area contributed by atoms with Gasteiger partial charge in [-0.05, 0) is 37.1 Å². The predicted octanol–water partition coefficient (Wildman–Crippen LogP) is 3.46. The average Bonchev–Trinajstić information content (AvgIpc) is 2.72. The maximum absolute atomic E-state index is 12.5. The highest BCUT2D eigenvalue weighted by atomic mass is 19.4. The van der Waals surface area contributed by atoms with Crippen molar-refractivity contribution in [3.8, 4) is 11.8 Å². The average molecular weight is 442 g/mol. The Balaban J connectivity index is 2.01. The van der Waals surface area contributed by atoms with E-state index in [2.05, 4.69) is 25.3 Å². The number of hydrogen-bond donors (Lipinski definition) is 2. The van der Waals surface area contributed by atoms with Crippen molar-refractivity contribution < 1.29 is 32.2 Å². The van der Waals surface area contributed by atoms with Gasteiger partial charge in [-0.1, -0.05) is 6.92 Å². The van der Waals surface area contributed by atoms with E-state index in [0.717, 1.165) is 17.7 Å². The van der Waals surface area contributed by atoms with Gasteiger partial charge in [0.05, 0.1) is 7.11 Å². The van der Waals surface area contributed by atoms with Crippen molar-refractivity contribution in [2.45, 2.75) is 33.0 Å². The van der Waals surface area contributed by atoms with Gasteiger partial charge in [0.15, 0.2) is 6.61 Å². The Bertz CT molecular complexity index is 878. The second-order valence-electron chi connectivity index (χ2n) is 6.52. The minimum Gasteiger partial charge on any atom is -0.480 e. The lowest BCUT2D eigenvalue weighted by molar-refractivity contribution is -0.154. The van der Waals surface area contributed by atoms with Crippen LogP contribution in [0.1, 0.15) is 35.0 Å². The van der Waals surface area contributed by atoms with Crippen molar-refractivity contribution in [1.29, 1.82) is 0 Å². The number of aryl methyl sites for hydroxylation is 1. The standard InChI is InChI=1S/C20H25F3N4O4/c1-4-7-30-12-25-16-9-14(8-13(2)26-16)10-24-18(28)15-5-6-17(27-19(15)29-3)31-11-20(21,22)23/h5-6,8-9H,4,7,10-12H2,1-3H3,(H,24,28)(H,25,26). The second-order valence-corrected chi connectivity index (χ2v) is 6.52. The van der Waals surface area contributed by atoms with Gasteiger partial charge in [-0.3, -0.25) is 4.79 Å². The molecule has 0 saturated carbocycles. The maximum atomic E-state index is 12.5. The molecule has 0 aliphatic heterocycles. The van der Waals surface area contributed by atoms with E-state index in [4.69, 9.17) is 9.47 Å². The molecule has 8 nitrogen and oxygen atoms in total. The summed E-state index contributed by atoms with van der Waals surface area (Å²) in [4.78, 5) is 20.7. The van der Waals surface area contributed by atoms with Crippen molar-refractivity contribution >= 4 is 11.7 Å². The van der Waals surface area contributed by atoms with Gasteiger partial charge in [0.25, 0.3) is 5.91 Å². The minimum atomic E-state index is -4.50. The van der Waals surface area contributed by atoms with Crippen LogP contribution in [0, 0.1) is 6.92 Å². The van der Waals surface area contributed by atoms with Crippen LogP contribution >= 0.6 is 0 Å². The molecule has 0 aliphatic carbocycles. The van der Waals surface area contributed by atoms with E-state index in [1.54, 1.807) is 6.07 Å². The molecule has 31 heavy (non-hydrogen) atoms. The lowest BCUT2D eigenvalue weighted by Gasteiger charge is -2.13. The third-order valence-electron chi connectivity index (χ3n) is 3.83. The number of carbonyl (C=O) groups is 1. The molecule has 0 aliphatic rings. The largest absolute Gasteiger partial charge is 0.480 e. The number of methoxy groups -OCH3 is 1. The molecule has 2 aromatic rings. The molecule has 0 fully saturated rings. The van der Waals surface area contributed by atoms with E-state index in [0.29, 0.717) is 19.2 Å². The summed E-state index contributed by atoms with van der Waals surface area (Å²) in [6, 6.07) is 6.08. The molecule has 170 valence electrons. The van der Waals surface area contributed by atoms with Crippen LogP contribution in [0.15, 0.2) is 24.3 Å². The molecule has 0 atom stereocenters. The number of alkyl halides is 3. The molecule has 11 heteroatoms. The van der Waals surface area contributed by atoms with Gasteiger partial charge in [0.2, 0.25) is 11.8 Å². The summed E-state index contributed by atoms with van der Waals surface area (Å²) in [6.07, 6.45) is -3.59. The van der Waals surface area contributed by atoms with Crippen LogP contribution in [-0.2, 0) is 11.3 Å². The summed E-state index contributed by atoms with van der Waals surface area (Å²) in [5.74, 6) is -0.317. The molecule has 2 N–H and O–H groups in total. The Labute approximate surface area is 178 Å². The number of ether oxygens (including phenoxy) is 3. The third kappa shape index (κ3) is 8.28. The Hall–Kier alpha value is -3.08. The first-order valence-electron chi connectivity index (χ1n) is 9.53. The fourth-order valence-corrected chi connectivity index (χ4v) is 2.54. The Morgan fingerprint density at radius 1 is 1.19 bits per heavy atom. The molecule has 0 aromatic carbocycles. The van der Waals surface area contributed by atoms with Crippen LogP contribution in [0.5, 0.6) is 11.8 Å². The molecule has 0 unspecified atom stereocenters. The number of halogens is 3. The number of nitrogens with one attached hydrogen (secondary N) is 2. The van der Waals surface area contributed by atoms with Crippen molar-refractivity contribution in [2.24, 2.45) is 0 Å². The van der Waals surface area contributed by atoms with Gasteiger partial charge >= 0.3 is 6.18 Å². The van der Waals surface area contributed by atoms with Crippen LogP contribution in [0.25, 0.3) is 0 Å². The van der Waals surface area contributed by atoms with Gasteiger partial charge in [-0.2, -0.15) is 18.2 Å². The summed E-state index contributed by atoms with van der Waals surface area (Å²) in [5, 5.41) is 5.79. The van der Waals surface area contributed by atoms with Gasteiger partial charge in [-0.15, -0.1) is 0 Å². The Kier molecular flexibility index (Phi) is 8.86. The fraction of sp³-hybridized carbons (Fsp3) is 0.450.